The Bertz CT molecular complexity index is 988. The number of thioether (sulfide) groups is 1. The molecular formula is C21H22FN5OS. The Morgan fingerprint density at radius 3 is 2.52 bits per heavy atom. The van der Waals surface area contributed by atoms with Gasteiger partial charge in [0, 0.05) is 18.7 Å². The van der Waals surface area contributed by atoms with Gasteiger partial charge in [-0.2, -0.15) is 0 Å². The Balaban J connectivity index is 1.64. The lowest BCUT2D eigenvalue weighted by molar-refractivity contribution is -0.131. The normalized spacial score (nSPS) is 15.3. The van der Waals surface area contributed by atoms with Gasteiger partial charge in [-0.05, 0) is 37.0 Å². The molecule has 0 bridgehead atoms. The van der Waals surface area contributed by atoms with Crippen LogP contribution in [0.4, 0.5) is 4.39 Å². The molecule has 29 heavy (non-hydrogen) atoms. The van der Waals surface area contributed by atoms with Crippen molar-refractivity contribution < 1.29 is 9.18 Å². The molecule has 1 atom stereocenters. The standard InChI is InChI=1S/C21H22FN5OS/c22-17-11-7-10-16(14-17)19-24-25-21(27(19)23)29-18(15-8-3-1-4-9-15)20(28)26-12-5-2-6-13-26/h1,3-4,7-11,14,18H,2,5-6,12-13,23H2. The second-order valence-electron chi connectivity index (χ2n) is 6.98. The second-order valence-corrected chi connectivity index (χ2v) is 8.05. The van der Waals surface area contributed by atoms with Crippen LogP contribution in [0.15, 0.2) is 59.8 Å². The first-order chi connectivity index (χ1) is 14.1. The first-order valence-corrected chi connectivity index (χ1v) is 10.5. The van der Waals surface area contributed by atoms with E-state index in [0.717, 1.165) is 37.9 Å². The summed E-state index contributed by atoms with van der Waals surface area (Å²) in [4.78, 5) is 15.2. The number of carbonyl (C=O) groups is 1. The minimum atomic E-state index is -0.471. The number of hydrogen-bond donors (Lipinski definition) is 1. The number of likely N-dealkylation sites (tertiary alicyclic amines) is 1. The summed E-state index contributed by atoms with van der Waals surface area (Å²) in [6, 6.07) is 15.7. The molecule has 0 spiro atoms. The Morgan fingerprint density at radius 1 is 1.03 bits per heavy atom. The number of carbonyl (C=O) groups excluding carboxylic acids is 1. The Labute approximate surface area is 172 Å². The molecule has 2 aromatic carbocycles. The number of piperidine rings is 1. The van der Waals surface area contributed by atoms with Crippen molar-refractivity contribution in [3.8, 4) is 11.4 Å². The predicted molar refractivity (Wildman–Crippen MR) is 111 cm³/mol. The van der Waals surface area contributed by atoms with Crippen molar-refractivity contribution in [2.45, 2.75) is 29.7 Å². The van der Waals surface area contributed by atoms with E-state index >= 15 is 0 Å². The topological polar surface area (TPSA) is 77.0 Å². The maximum Gasteiger partial charge on any atom is 0.240 e. The summed E-state index contributed by atoms with van der Waals surface area (Å²) in [7, 11) is 0. The second kappa shape index (κ2) is 8.65. The Kier molecular flexibility index (Phi) is 5.80. The van der Waals surface area contributed by atoms with E-state index in [0.29, 0.717) is 16.5 Å². The van der Waals surface area contributed by atoms with Crippen LogP contribution in [-0.4, -0.2) is 38.8 Å². The zero-order valence-electron chi connectivity index (χ0n) is 15.9. The number of benzene rings is 2. The largest absolute Gasteiger partial charge is 0.341 e. The van der Waals surface area contributed by atoms with E-state index in [1.165, 1.54) is 28.6 Å². The van der Waals surface area contributed by atoms with Gasteiger partial charge in [-0.25, -0.2) is 9.07 Å². The Hall–Kier alpha value is -2.87. The zero-order chi connectivity index (χ0) is 20.2. The number of hydrogen-bond acceptors (Lipinski definition) is 5. The number of nitrogen functional groups attached to an aromatic ring is 1. The van der Waals surface area contributed by atoms with E-state index in [1.54, 1.807) is 12.1 Å². The van der Waals surface area contributed by atoms with Crippen LogP contribution in [0.3, 0.4) is 0 Å². The summed E-state index contributed by atoms with van der Waals surface area (Å²) < 4.78 is 14.9. The highest BCUT2D eigenvalue weighted by molar-refractivity contribution is 8.00. The zero-order valence-corrected chi connectivity index (χ0v) is 16.7. The maximum atomic E-state index is 13.6. The number of amides is 1. The molecule has 1 aliphatic rings. The first kappa shape index (κ1) is 19.4. The van der Waals surface area contributed by atoms with E-state index < -0.39 is 5.25 Å². The molecule has 0 radical (unpaired) electrons. The SMILES string of the molecule is Nn1c(SC(C(=O)N2CCCCC2)c2ccccc2)nnc1-c1cccc(F)c1. The van der Waals surface area contributed by atoms with Crippen LogP contribution in [0.25, 0.3) is 11.4 Å². The van der Waals surface area contributed by atoms with Crippen LogP contribution in [-0.2, 0) is 4.79 Å². The molecule has 1 fully saturated rings. The van der Waals surface area contributed by atoms with Crippen molar-refractivity contribution in [3.63, 3.8) is 0 Å². The highest BCUT2D eigenvalue weighted by Gasteiger charge is 2.30. The highest BCUT2D eigenvalue weighted by Crippen LogP contribution is 2.37. The van der Waals surface area contributed by atoms with Crippen LogP contribution in [0, 0.1) is 5.82 Å². The molecule has 1 aliphatic heterocycles. The fourth-order valence-corrected chi connectivity index (χ4v) is 4.50. The lowest BCUT2D eigenvalue weighted by Gasteiger charge is -2.30. The third kappa shape index (κ3) is 4.27. The first-order valence-electron chi connectivity index (χ1n) is 9.60. The predicted octanol–water partition coefficient (Wildman–Crippen LogP) is 3.64. The van der Waals surface area contributed by atoms with Gasteiger partial charge >= 0.3 is 0 Å². The monoisotopic (exact) mass is 411 g/mol. The van der Waals surface area contributed by atoms with E-state index in [-0.39, 0.29) is 11.7 Å². The molecule has 1 amide bonds. The van der Waals surface area contributed by atoms with Crippen LogP contribution in [0.5, 0.6) is 0 Å². The molecule has 2 N–H and O–H groups in total. The Morgan fingerprint density at radius 2 is 1.79 bits per heavy atom. The highest BCUT2D eigenvalue weighted by atomic mass is 32.2. The summed E-state index contributed by atoms with van der Waals surface area (Å²) in [6.07, 6.45) is 3.20. The summed E-state index contributed by atoms with van der Waals surface area (Å²) >= 11 is 1.27. The molecule has 150 valence electrons. The molecule has 1 aromatic heterocycles. The molecule has 1 unspecified atom stereocenters. The number of nitrogens with two attached hydrogens (primary N) is 1. The van der Waals surface area contributed by atoms with Crippen LogP contribution in [0.1, 0.15) is 30.1 Å². The van der Waals surface area contributed by atoms with Crippen molar-refractivity contribution in [2.24, 2.45) is 0 Å². The third-order valence-corrected chi connectivity index (χ3v) is 6.16. The number of aromatic nitrogens is 3. The van der Waals surface area contributed by atoms with Gasteiger partial charge in [0.05, 0.1) is 0 Å². The van der Waals surface area contributed by atoms with Crippen LogP contribution < -0.4 is 5.84 Å². The quantitative estimate of drug-likeness (QED) is 0.512. The van der Waals surface area contributed by atoms with E-state index in [2.05, 4.69) is 10.2 Å². The lowest BCUT2D eigenvalue weighted by atomic mass is 10.1. The van der Waals surface area contributed by atoms with Gasteiger partial charge in [-0.3, -0.25) is 4.79 Å². The molecule has 0 aliphatic carbocycles. The average Bonchev–Trinajstić information content (AvgIpc) is 3.13. The summed E-state index contributed by atoms with van der Waals surface area (Å²) in [5.41, 5.74) is 1.42. The van der Waals surface area contributed by atoms with Gasteiger partial charge in [-0.1, -0.05) is 54.2 Å². The molecule has 6 nitrogen and oxygen atoms in total. The van der Waals surface area contributed by atoms with E-state index in [4.69, 9.17) is 5.84 Å². The van der Waals surface area contributed by atoms with Crippen LogP contribution >= 0.6 is 11.8 Å². The van der Waals surface area contributed by atoms with Gasteiger partial charge in [0.15, 0.2) is 5.82 Å². The lowest BCUT2D eigenvalue weighted by Crippen LogP contribution is -2.38. The fourth-order valence-electron chi connectivity index (χ4n) is 3.46. The molecule has 0 saturated carbocycles. The van der Waals surface area contributed by atoms with E-state index in [1.807, 2.05) is 35.2 Å². The molecule has 8 heteroatoms. The summed E-state index contributed by atoms with van der Waals surface area (Å²) in [5.74, 6) is 6.24. The van der Waals surface area contributed by atoms with Crippen molar-refractivity contribution in [1.29, 1.82) is 0 Å². The van der Waals surface area contributed by atoms with Crippen molar-refractivity contribution in [1.82, 2.24) is 19.8 Å². The van der Waals surface area contributed by atoms with Gasteiger partial charge in [0.25, 0.3) is 0 Å². The smallest absolute Gasteiger partial charge is 0.240 e. The average molecular weight is 412 g/mol. The van der Waals surface area contributed by atoms with Crippen molar-refractivity contribution in [3.05, 3.63) is 66.0 Å². The van der Waals surface area contributed by atoms with Crippen LogP contribution in [0.2, 0.25) is 0 Å². The molecular weight excluding hydrogens is 389 g/mol. The summed E-state index contributed by atoms with van der Waals surface area (Å²) in [5, 5.41) is 8.23. The van der Waals surface area contributed by atoms with Gasteiger partial charge < -0.3 is 10.7 Å². The number of nitrogens with zero attached hydrogens (tertiary/aromatic N) is 4. The molecule has 3 aromatic rings. The van der Waals surface area contributed by atoms with Gasteiger partial charge in [-0.15, -0.1) is 10.2 Å². The fraction of sp³-hybridized carbons (Fsp3) is 0.286. The minimum absolute atomic E-state index is 0.0520. The summed E-state index contributed by atoms with van der Waals surface area (Å²) in [6.45, 7) is 1.54. The molecule has 4 rings (SSSR count). The van der Waals surface area contributed by atoms with Gasteiger partial charge in [0.1, 0.15) is 11.1 Å². The minimum Gasteiger partial charge on any atom is -0.341 e. The van der Waals surface area contributed by atoms with Crippen molar-refractivity contribution in [2.75, 3.05) is 18.9 Å². The number of halogens is 1. The van der Waals surface area contributed by atoms with Gasteiger partial charge in [0.2, 0.25) is 11.1 Å². The molecule has 1 saturated heterocycles. The van der Waals surface area contributed by atoms with Crippen molar-refractivity contribution >= 4 is 17.7 Å². The third-order valence-electron chi connectivity index (χ3n) is 4.96. The van der Waals surface area contributed by atoms with E-state index in [9.17, 15) is 9.18 Å². The number of rotatable bonds is 5. The molecule has 2 heterocycles. The maximum absolute atomic E-state index is 13.6.